The highest BCUT2D eigenvalue weighted by molar-refractivity contribution is 7.18. The van der Waals surface area contributed by atoms with Crippen LogP contribution in [0, 0.1) is 6.92 Å². The van der Waals surface area contributed by atoms with E-state index in [1.54, 1.807) is 11.3 Å². The first kappa shape index (κ1) is 18.4. The van der Waals surface area contributed by atoms with Gasteiger partial charge in [0, 0.05) is 12.2 Å². The maximum Gasteiger partial charge on any atom is 0.319 e. The van der Waals surface area contributed by atoms with Crippen LogP contribution in [-0.2, 0) is 4.79 Å². The molecule has 0 aliphatic carbocycles. The lowest BCUT2D eigenvalue weighted by Crippen LogP contribution is -2.41. The predicted octanol–water partition coefficient (Wildman–Crippen LogP) is 4.09. The summed E-state index contributed by atoms with van der Waals surface area (Å²) in [5.74, 6) is -0.0823. The molecule has 7 heteroatoms. The maximum absolute atomic E-state index is 12.7. The molecule has 4 rings (SSSR count). The number of hydrogen-bond acceptors (Lipinski definition) is 4. The zero-order valence-electron chi connectivity index (χ0n) is 15.6. The monoisotopic (exact) mass is 394 g/mol. The second kappa shape index (κ2) is 7.98. The smallest absolute Gasteiger partial charge is 0.319 e. The minimum Gasteiger partial charge on any atom is -0.332 e. The fraction of sp³-hybridized carbons (Fsp3) is 0.286. The molecule has 1 aromatic heterocycles. The summed E-state index contributed by atoms with van der Waals surface area (Å²) in [6, 6.07) is 15.2. The Morgan fingerprint density at radius 1 is 1.21 bits per heavy atom. The molecule has 28 heavy (non-hydrogen) atoms. The van der Waals surface area contributed by atoms with E-state index in [2.05, 4.69) is 16.7 Å². The number of nitrogens with zero attached hydrogens (tertiary/aromatic N) is 2. The quantitative estimate of drug-likeness (QED) is 0.700. The molecular weight excluding hydrogens is 372 g/mol. The van der Waals surface area contributed by atoms with Crippen LogP contribution in [0.2, 0.25) is 0 Å². The number of rotatable bonds is 4. The van der Waals surface area contributed by atoms with Gasteiger partial charge in [0.2, 0.25) is 5.91 Å². The molecule has 1 unspecified atom stereocenters. The summed E-state index contributed by atoms with van der Waals surface area (Å²) >= 11 is 1.64. The van der Waals surface area contributed by atoms with E-state index in [9.17, 15) is 9.59 Å². The molecule has 6 nitrogen and oxygen atoms in total. The maximum atomic E-state index is 12.7. The number of para-hydroxylation sites is 1. The van der Waals surface area contributed by atoms with Crippen molar-refractivity contribution in [3.63, 3.8) is 0 Å². The molecule has 2 heterocycles. The summed E-state index contributed by atoms with van der Waals surface area (Å²) in [4.78, 5) is 31.4. The van der Waals surface area contributed by atoms with E-state index in [0.717, 1.165) is 33.6 Å². The van der Waals surface area contributed by atoms with Crippen molar-refractivity contribution in [2.45, 2.75) is 25.8 Å². The molecule has 0 radical (unpaired) electrons. The van der Waals surface area contributed by atoms with Crippen LogP contribution < -0.4 is 10.6 Å². The molecule has 1 aliphatic rings. The molecule has 3 amide bonds. The van der Waals surface area contributed by atoms with Crippen molar-refractivity contribution < 1.29 is 9.59 Å². The Labute approximate surface area is 167 Å². The minimum atomic E-state index is -0.380. The molecule has 0 spiro atoms. The number of nitrogens with one attached hydrogen (secondary N) is 2. The predicted molar refractivity (Wildman–Crippen MR) is 112 cm³/mol. The second-order valence-corrected chi connectivity index (χ2v) is 8.00. The number of likely N-dealkylation sites (tertiary alicyclic amines) is 1. The standard InChI is InChI=1S/C21H22N4O2S/c1-14-6-4-7-15(12-14)23-21(27)22-13-19(26)25-11-5-9-17(25)20-24-16-8-2-3-10-18(16)28-20/h2-4,6-8,10,12,17H,5,9,11,13H2,1H3,(H2,22,23,27). The number of aromatic nitrogens is 1. The van der Waals surface area contributed by atoms with Crippen molar-refractivity contribution >= 4 is 39.2 Å². The van der Waals surface area contributed by atoms with E-state index in [4.69, 9.17) is 4.98 Å². The summed E-state index contributed by atoms with van der Waals surface area (Å²) in [7, 11) is 0. The molecule has 3 aromatic rings. The number of urea groups is 1. The van der Waals surface area contributed by atoms with Crippen LogP contribution in [0.25, 0.3) is 10.2 Å². The molecule has 1 fully saturated rings. The first-order chi connectivity index (χ1) is 13.6. The Morgan fingerprint density at radius 3 is 2.89 bits per heavy atom. The lowest BCUT2D eigenvalue weighted by molar-refractivity contribution is -0.131. The van der Waals surface area contributed by atoms with Gasteiger partial charge in [-0.1, -0.05) is 24.3 Å². The van der Waals surface area contributed by atoms with Crippen LogP contribution in [0.3, 0.4) is 0 Å². The Morgan fingerprint density at radius 2 is 2.07 bits per heavy atom. The fourth-order valence-electron chi connectivity index (χ4n) is 3.51. The van der Waals surface area contributed by atoms with Crippen molar-refractivity contribution in [1.29, 1.82) is 0 Å². The van der Waals surface area contributed by atoms with Gasteiger partial charge >= 0.3 is 6.03 Å². The molecule has 2 N–H and O–H groups in total. The van der Waals surface area contributed by atoms with Gasteiger partial charge in [0.1, 0.15) is 5.01 Å². The molecule has 144 valence electrons. The molecule has 2 aromatic carbocycles. The van der Waals surface area contributed by atoms with Gasteiger partial charge in [-0.05, 0) is 49.6 Å². The summed E-state index contributed by atoms with van der Waals surface area (Å²) in [6.07, 6.45) is 1.85. The second-order valence-electron chi connectivity index (χ2n) is 6.94. The van der Waals surface area contributed by atoms with Crippen LogP contribution in [0.1, 0.15) is 29.5 Å². The molecule has 0 bridgehead atoms. The molecular formula is C21H22N4O2S. The molecule has 1 atom stereocenters. The Kier molecular flexibility index (Phi) is 5.25. The Balaban J connectivity index is 1.37. The van der Waals surface area contributed by atoms with Crippen molar-refractivity contribution in [3.05, 3.63) is 59.1 Å². The zero-order valence-corrected chi connectivity index (χ0v) is 16.5. The van der Waals surface area contributed by atoms with Gasteiger partial charge < -0.3 is 15.5 Å². The first-order valence-electron chi connectivity index (χ1n) is 9.36. The zero-order chi connectivity index (χ0) is 19.5. The lowest BCUT2D eigenvalue weighted by Gasteiger charge is -2.23. The van der Waals surface area contributed by atoms with Gasteiger partial charge in [0.05, 0.1) is 22.8 Å². The number of hydrogen-bond donors (Lipinski definition) is 2. The van der Waals surface area contributed by atoms with Gasteiger partial charge in [-0.3, -0.25) is 4.79 Å². The highest BCUT2D eigenvalue weighted by atomic mass is 32.1. The first-order valence-corrected chi connectivity index (χ1v) is 10.2. The van der Waals surface area contributed by atoms with E-state index < -0.39 is 0 Å². The van der Waals surface area contributed by atoms with Crippen LogP contribution in [-0.4, -0.2) is 34.9 Å². The van der Waals surface area contributed by atoms with Gasteiger partial charge in [-0.25, -0.2) is 9.78 Å². The normalized spacial score (nSPS) is 16.3. The van der Waals surface area contributed by atoms with Crippen molar-refractivity contribution in [1.82, 2.24) is 15.2 Å². The van der Waals surface area contributed by atoms with Gasteiger partial charge in [-0.2, -0.15) is 0 Å². The average Bonchev–Trinajstić information content (AvgIpc) is 3.32. The van der Waals surface area contributed by atoms with Crippen molar-refractivity contribution in [2.75, 3.05) is 18.4 Å². The van der Waals surface area contributed by atoms with E-state index in [1.807, 2.05) is 54.3 Å². The summed E-state index contributed by atoms with van der Waals surface area (Å²) in [5, 5.41) is 6.39. The number of carbonyl (C=O) groups excluding carboxylic acids is 2. The number of fused-ring (bicyclic) bond motifs is 1. The van der Waals surface area contributed by atoms with E-state index in [1.165, 1.54) is 0 Å². The van der Waals surface area contributed by atoms with Gasteiger partial charge in [-0.15, -0.1) is 11.3 Å². The number of aryl methyl sites for hydroxylation is 1. The largest absolute Gasteiger partial charge is 0.332 e. The third-order valence-electron chi connectivity index (χ3n) is 4.84. The number of anilines is 1. The van der Waals surface area contributed by atoms with E-state index >= 15 is 0 Å². The van der Waals surface area contributed by atoms with E-state index in [-0.39, 0.29) is 24.5 Å². The Hall–Kier alpha value is -2.93. The van der Waals surface area contributed by atoms with Crippen LogP contribution in [0.4, 0.5) is 10.5 Å². The third-order valence-corrected chi connectivity index (χ3v) is 5.98. The lowest BCUT2D eigenvalue weighted by atomic mass is 10.2. The van der Waals surface area contributed by atoms with Crippen LogP contribution in [0.5, 0.6) is 0 Å². The number of thiazole rings is 1. The summed E-state index contributed by atoms with van der Waals surface area (Å²) in [5.41, 5.74) is 2.74. The van der Waals surface area contributed by atoms with E-state index in [0.29, 0.717) is 12.2 Å². The fourth-order valence-corrected chi connectivity index (χ4v) is 4.63. The third kappa shape index (κ3) is 3.99. The topological polar surface area (TPSA) is 74.3 Å². The number of carbonyl (C=O) groups is 2. The van der Waals surface area contributed by atoms with Crippen molar-refractivity contribution in [3.8, 4) is 0 Å². The summed E-state index contributed by atoms with van der Waals surface area (Å²) < 4.78 is 1.13. The number of benzene rings is 2. The molecule has 1 saturated heterocycles. The highest BCUT2D eigenvalue weighted by Gasteiger charge is 2.32. The SMILES string of the molecule is Cc1cccc(NC(=O)NCC(=O)N2CCCC2c2nc3ccccc3s2)c1. The van der Waals surface area contributed by atoms with Crippen LogP contribution in [0.15, 0.2) is 48.5 Å². The van der Waals surface area contributed by atoms with Crippen LogP contribution >= 0.6 is 11.3 Å². The molecule has 1 aliphatic heterocycles. The molecule has 0 saturated carbocycles. The average molecular weight is 395 g/mol. The Bertz CT molecular complexity index is 983. The van der Waals surface area contributed by atoms with Gasteiger partial charge in [0.15, 0.2) is 0 Å². The minimum absolute atomic E-state index is 0.00784. The van der Waals surface area contributed by atoms with Crippen molar-refractivity contribution in [2.24, 2.45) is 0 Å². The highest BCUT2D eigenvalue weighted by Crippen LogP contribution is 2.36. The number of amides is 3. The summed E-state index contributed by atoms with van der Waals surface area (Å²) in [6.45, 7) is 2.63. The van der Waals surface area contributed by atoms with Gasteiger partial charge in [0.25, 0.3) is 0 Å².